The Kier molecular flexibility index (Phi) is 7.35. The number of methoxy groups -OCH3 is 1. The van der Waals surface area contributed by atoms with Crippen molar-refractivity contribution in [1.82, 2.24) is 30.9 Å². The summed E-state index contributed by atoms with van der Waals surface area (Å²) in [4.78, 5) is 25.8. The fourth-order valence-electron chi connectivity index (χ4n) is 3.36. The van der Waals surface area contributed by atoms with Crippen LogP contribution in [0.4, 0.5) is 19.3 Å². The minimum atomic E-state index is -0.800. The number of carbonyl (C=O) groups is 2. The number of aromatic amines is 1. The monoisotopic (exact) mass is 468 g/mol. The standard InChI is InChI=1S/C18H22F2N8O3S/c1-31-18(32)24-15(13-8-23-26-25-13)10-6-11(19)16(12(20)7-10)28-4-2-27(3-5-28)14(29)9-22-17(21)30/h6-8,15H,2-5,9H2,1H3,(H,24,32)(H3,21,22,30)(H,23,25,26). The number of urea groups is 1. The lowest BCUT2D eigenvalue weighted by molar-refractivity contribution is -0.130. The predicted octanol–water partition coefficient (Wildman–Crippen LogP) is 0.0101. The van der Waals surface area contributed by atoms with E-state index in [-0.39, 0.29) is 55.1 Å². The van der Waals surface area contributed by atoms with Gasteiger partial charge in [0.15, 0.2) is 0 Å². The van der Waals surface area contributed by atoms with E-state index in [0.29, 0.717) is 5.69 Å². The number of H-pyrrole nitrogens is 1. The summed E-state index contributed by atoms with van der Waals surface area (Å²) in [6.07, 6.45) is 1.41. The topological polar surface area (TPSA) is 142 Å². The quantitative estimate of drug-likeness (QED) is 0.435. The smallest absolute Gasteiger partial charge is 0.312 e. The van der Waals surface area contributed by atoms with E-state index >= 15 is 8.78 Å². The first-order valence-corrected chi connectivity index (χ1v) is 9.96. The van der Waals surface area contributed by atoms with Gasteiger partial charge in [-0.3, -0.25) is 4.79 Å². The van der Waals surface area contributed by atoms with E-state index < -0.39 is 23.7 Å². The molecule has 1 saturated heterocycles. The van der Waals surface area contributed by atoms with Crippen LogP contribution in [-0.2, 0) is 9.53 Å². The van der Waals surface area contributed by atoms with Gasteiger partial charge in [-0.25, -0.2) is 13.6 Å². The minimum Gasteiger partial charge on any atom is -0.474 e. The van der Waals surface area contributed by atoms with Gasteiger partial charge < -0.3 is 30.9 Å². The second-order valence-corrected chi connectivity index (χ2v) is 7.25. The molecule has 0 radical (unpaired) electrons. The molecule has 0 saturated carbocycles. The van der Waals surface area contributed by atoms with Gasteiger partial charge in [-0.05, 0) is 29.9 Å². The summed E-state index contributed by atoms with van der Waals surface area (Å²) in [6, 6.07) is 0.798. The zero-order valence-corrected chi connectivity index (χ0v) is 17.9. The zero-order chi connectivity index (χ0) is 23.3. The average Bonchev–Trinajstić information content (AvgIpc) is 3.30. The summed E-state index contributed by atoms with van der Waals surface area (Å²) in [5.74, 6) is -1.86. The molecule has 1 unspecified atom stereocenters. The van der Waals surface area contributed by atoms with Gasteiger partial charge in [0.2, 0.25) is 5.91 Å². The van der Waals surface area contributed by atoms with E-state index in [1.54, 1.807) is 0 Å². The van der Waals surface area contributed by atoms with Crippen molar-refractivity contribution >= 4 is 35.0 Å². The molecular formula is C18H22F2N8O3S. The molecule has 1 aromatic carbocycles. The Labute approximate surface area is 187 Å². The first-order valence-electron chi connectivity index (χ1n) is 9.55. The van der Waals surface area contributed by atoms with Crippen molar-refractivity contribution in [2.45, 2.75) is 6.04 Å². The summed E-state index contributed by atoms with van der Waals surface area (Å²) in [5.41, 5.74) is 5.38. The molecule has 2 heterocycles. The number of rotatable bonds is 6. The predicted molar refractivity (Wildman–Crippen MR) is 114 cm³/mol. The van der Waals surface area contributed by atoms with Crippen molar-refractivity contribution in [3.05, 3.63) is 41.2 Å². The second kappa shape index (κ2) is 10.2. The molecule has 11 nitrogen and oxygen atoms in total. The lowest BCUT2D eigenvalue weighted by Crippen LogP contribution is -2.52. The molecule has 3 amide bonds. The molecule has 14 heteroatoms. The van der Waals surface area contributed by atoms with E-state index in [9.17, 15) is 9.59 Å². The molecule has 1 aromatic heterocycles. The molecule has 0 spiro atoms. The highest BCUT2D eigenvalue weighted by atomic mass is 32.1. The third kappa shape index (κ3) is 5.38. The average molecular weight is 468 g/mol. The summed E-state index contributed by atoms with van der Waals surface area (Å²) < 4.78 is 35.0. The largest absolute Gasteiger partial charge is 0.474 e. The third-order valence-electron chi connectivity index (χ3n) is 4.91. The third-order valence-corrected chi connectivity index (χ3v) is 5.20. The Morgan fingerprint density at radius 3 is 2.47 bits per heavy atom. The Morgan fingerprint density at radius 1 is 1.28 bits per heavy atom. The maximum atomic E-state index is 15.0. The van der Waals surface area contributed by atoms with Crippen molar-refractivity contribution in [2.24, 2.45) is 5.73 Å². The van der Waals surface area contributed by atoms with Gasteiger partial charge in [0.05, 0.1) is 19.9 Å². The maximum absolute atomic E-state index is 15.0. The SMILES string of the molecule is COC(=S)NC(c1cc(F)c(N2CCN(C(=O)CNC(N)=O)CC2)c(F)c1)c1cn[nH]n1. The first kappa shape index (κ1) is 23.1. The Bertz CT molecular complexity index is 960. The lowest BCUT2D eigenvalue weighted by Gasteiger charge is -2.36. The Balaban J connectivity index is 1.75. The molecule has 0 aliphatic carbocycles. The van der Waals surface area contributed by atoms with Crippen LogP contribution in [0, 0.1) is 11.6 Å². The minimum absolute atomic E-state index is 0.0227. The van der Waals surface area contributed by atoms with Crippen molar-refractivity contribution in [2.75, 3.05) is 44.7 Å². The number of anilines is 1. The highest BCUT2D eigenvalue weighted by molar-refractivity contribution is 7.80. The van der Waals surface area contributed by atoms with E-state index in [1.807, 2.05) is 0 Å². The van der Waals surface area contributed by atoms with Gasteiger partial charge in [-0.1, -0.05) is 0 Å². The van der Waals surface area contributed by atoms with Gasteiger partial charge in [-0.15, -0.1) is 0 Å². The molecule has 172 valence electrons. The molecular weight excluding hydrogens is 446 g/mol. The summed E-state index contributed by atoms with van der Waals surface area (Å²) in [7, 11) is 1.37. The number of hydrogen-bond donors (Lipinski definition) is 4. The zero-order valence-electron chi connectivity index (χ0n) is 17.1. The van der Waals surface area contributed by atoms with Crippen LogP contribution in [0.2, 0.25) is 0 Å². The number of piperazine rings is 1. The molecule has 3 rings (SSSR count). The normalized spacial score (nSPS) is 14.6. The van der Waals surface area contributed by atoms with Gasteiger partial charge in [0.1, 0.15) is 29.1 Å². The lowest BCUT2D eigenvalue weighted by atomic mass is 10.0. The van der Waals surface area contributed by atoms with Gasteiger partial charge in [-0.2, -0.15) is 15.4 Å². The maximum Gasteiger partial charge on any atom is 0.312 e. The van der Waals surface area contributed by atoms with Crippen LogP contribution in [-0.4, -0.2) is 77.3 Å². The number of benzene rings is 1. The number of thiocarbonyl (C=S) groups is 1. The van der Waals surface area contributed by atoms with Gasteiger partial charge in [0, 0.05) is 26.2 Å². The number of amides is 3. The number of carbonyl (C=O) groups excluding carboxylic acids is 2. The highest BCUT2D eigenvalue weighted by Crippen LogP contribution is 2.30. The Morgan fingerprint density at radius 2 is 1.94 bits per heavy atom. The van der Waals surface area contributed by atoms with Crippen molar-refractivity contribution in [3.8, 4) is 0 Å². The molecule has 1 aliphatic heterocycles. The van der Waals surface area contributed by atoms with Crippen LogP contribution >= 0.6 is 12.2 Å². The van der Waals surface area contributed by atoms with E-state index in [0.717, 1.165) is 0 Å². The fourth-order valence-corrected chi connectivity index (χ4v) is 3.48. The number of aromatic nitrogens is 3. The second-order valence-electron chi connectivity index (χ2n) is 6.88. The van der Waals surface area contributed by atoms with E-state index in [1.165, 1.54) is 35.2 Å². The van der Waals surface area contributed by atoms with Crippen LogP contribution in [0.1, 0.15) is 17.3 Å². The summed E-state index contributed by atoms with van der Waals surface area (Å²) in [6.45, 7) is 0.686. The van der Waals surface area contributed by atoms with Crippen LogP contribution in [0.5, 0.6) is 0 Å². The summed E-state index contributed by atoms with van der Waals surface area (Å²) >= 11 is 5.01. The molecule has 2 aromatic rings. The number of primary amides is 1. The number of hydrogen-bond acceptors (Lipinski definition) is 7. The molecule has 0 bridgehead atoms. The molecule has 1 atom stereocenters. The highest BCUT2D eigenvalue weighted by Gasteiger charge is 2.27. The van der Waals surface area contributed by atoms with Crippen molar-refractivity contribution in [3.63, 3.8) is 0 Å². The van der Waals surface area contributed by atoms with Crippen LogP contribution in [0.15, 0.2) is 18.3 Å². The number of nitrogens with zero attached hydrogens (tertiary/aromatic N) is 4. The number of ether oxygens (including phenoxy) is 1. The Hall–Kier alpha value is -3.55. The number of halogens is 2. The molecule has 32 heavy (non-hydrogen) atoms. The molecule has 1 aliphatic rings. The van der Waals surface area contributed by atoms with E-state index in [2.05, 4.69) is 26.0 Å². The van der Waals surface area contributed by atoms with Crippen LogP contribution in [0.3, 0.4) is 0 Å². The molecule has 1 fully saturated rings. The van der Waals surface area contributed by atoms with Crippen LogP contribution in [0.25, 0.3) is 0 Å². The van der Waals surface area contributed by atoms with Gasteiger partial charge >= 0.3 is 6.03 Å². The number of nitrogens with one attached hydrogen (secondary N) is 3. The first-order chi connectivity index (χ1) is 15.3. The molecule has 5 N–H and O–H groups in total. The fraction of sp³-hybridized carbons (Fsp3) is 0.389. The number of nitrogens with two attached hydrogens (primary N) is 1. The van der Waals surface area contributed by atoms with Crippen molar-refractivity contribution in [1.29, 1.82) is 0 Å². The van der Waals surface area contributed by atoms with Gasteiger partial charge in [0.25, 0.3) is 5.17 Å². The van der Waals surface area contributed by atoms with E-state index in [4.69, 9.17) is 22.7 Å². The van der Waals surface area contributed by atoms with Crippen LogP contribution < -0.4 is 21.3 Å². The van der Waals surface area contributed by atoms with Crippen molar-refractivity contribution < 1.29 is 23.1 Å². The summed E-state index contributed by atoms with van der Waals surface area (Å²) in [5, 5.41) is 15.2.